The first-order chi connectivity index (χ1) is 16.9. The standard InChI is InChI=1S/C32H51N3/c1-25(2)30-12-6-27(7-13-30)10-16-32(17-11-28-8-14-31(15-9-28)26(3)4)34-24-29-18-22-35(23-19-29)21-5-20-33/h6-9,12-15,25-26,29,32,34H,5,10-11,16-24,33H2,1-4H3. The molecule has 3 rings (SSSR count). The number of hydrogen-bond acceptors (Lipinski definition) is 3. The van der Waals surface area contributed by atoms with Crippen LogP contribution in [0.25, 0.3) is 0 Å². The maximum absolute atomic E-state index is 5.70. The lowest BCUT2D eigenvalue weighted by molar-refractivity contribution is 0.178. The molecule has 0 bridgehead atoms. The predicted octanol–water partition coefficient (Wildman–Crippen LogP) is 6.52. The average molecular weight is 478 g/mol. The second kappa shape index (κ2) is 14.8. The number of nitrogens with zero attached hydrogens (tertiary/aromatic N) is 1. The highest BCUT2D eigenvalue weighted by molar-refractivity contribution is 5.26. The van der Waals surface area contributed by atoms with Crippen molar-refractivity contribution in [3.63, 3.8) is 0 Å². The van der Waals surface area contributed by atoms with E-state index in [0.29, 0.717) is 17.9 Å². The molecule has 1 fully saturated rings. The summed E-state index contributed by atoms with van der Waals surface area (Å²) in [6.45, 7) is 14.7. The summed E-state index contributed by atoms with van der Waals surface area (Å²) in [5.74, 6) is 2.01. The van der Waals surface area contributed by atoms with Crippen LogP contribution in [-0.2, 0) is 12.8 Å². The Morgan fingerprint density at radius 1 is 0.800 bits per heavy atom. The van der Waals surface area contributed by atoms with Gasteiger partial charge >= 0.3 is 0 Å². The van der Waals surface area contributed by atoms with Crippen molar-refractivity contribution in [2.75, 3.05) is 32.7 Å². The van der Waals surface area contributed by atoms with E-state index in [1.165, 1.54) is 67.6 Å². The van der Waals surface area contributed by atoms with Gasteiger partial charge in [0.15, 0.2) is 0 Å². The fourth-order valence-corrected chi connectivity index (χ4v) is 5.23. The topological polar surface area (TPSA) is 41.3 Å². The van der Waals surface area contributed by atoms with Gasteiger partial charge in [-0.05, 0) is 118 Å². The van der Waals surface area contributed by atoms with Crippen molar-refractivity contribution in [2.24, 2.45) is 11.7 Å². The molecular formula is C32H51N3. The molecule has 35 heavy (non-hydrogen) atoms. The summed E-state index contributed by atoms with van der Waals surface area (Å²) < 4.78 is 0. The van der Waals surface area contributed by atoms with Gasteiger partial charge in [-0.1, -0.05) is 76.2 Å². The largest absolute Gasteiger partial charge is 0.330 e. The van der Waals surface area contributed by atoms with Crippen LogP contribution in [0.1, 0.15) is 93.9 Å². The molecule has 2 aromatic rings. The molecule has 3 nitrogen and oxygen atoms in total. The number of nitrogens with one attached hydrogen (secondary N) is 1. The maximum Gasteiger partial charge on any atom is 0.00735 e. The van der Waals surface area contributed by atoms with Crippen LogP contribution in [0.4, 0.5) is 0 Å². The van der Waals surface area contributed by atoms with Crippen LogP contribution in [0.15, 0.2) is 48.5 Å². The molecule has 194 valence electrons. The summed E-state index contributed by atoms with van der Waals surface area (Å²) in [5, 5.41) is 4.01. The maximum atomic E-state index is 5.70. The van der Waals surface area contributed by atoms with Gasteiger partial charge < -0.3 is 16.0 Å². The van der Waals surface area contributed by atoms with Crippen LogP contribution < -0.4 is 11.1 Å². The van der Waals surface area contributed by atoms with E-state index in [-0.39, 0.29) is 0 Å². The van der Waals surface area contributed by atoms with Crippen LogP contribution in [0, 0.1) is 5.92 Å². The molecular weight excluding hydrogens is 426 g/mol. The minimum absolute atomic E-state index is 0.569. The molecule has 3 heteroatoms. The van der Waals surface area contributed by atoms with Gasteiger partial charge in [0, 0.05) is 6.04 Å². The lowest BCUT2D eigenvalue weighted by atomic mass is 9.93. The SMILES string of the molecule is CC(C)c1ccc(CCC(CCc2ccc(C(C)C)cc2)NCC2CCN(CCCN)CC2)cc1. The summed E-state index contributed by atoms with van der Waals surface area (Å²) >= 11 is 0. The molecule has 3 N–H and O–H groups in total. The third-order valence-corrected chi connectivity index (χ3v) is 7.94. The second-order valence-electron chi connectivity index (χ2n) is 11.4. The van der Waals surface area contributed by atoms with Crippen LogP contribution in [-0.4, -0.2) is 43.7 Å². The van der Waals surface area contributed by atoms with Crippen LogP contribution in [0.3, 0.4) is 0 Å². The van der Waals surface area contributed by atoms with Crippen LogP contribution in [0.2, 0.25) is 0 Å². The molecule has 0 saturated carbocycles. The molecule has 0 amide bonds. The molecule has 1 aliphatic rings. The summed E-state index contributed by atoms with van der Waals surface area (Å²) in [6, 6.07) is 19.2. The molecule has 1 aliphatic heterocycles. The van der Waals surface area contributed by atoms with Gasteiger partial charge in [0.1, 0.15) is 0 Å². The molecule has 0 spiro atoms. The Balaban J connectivity index is 1.52. The monoisotopic (exact) mass is 477 g/mol. The van der Waals surface area contributed by atoms with Crippen molar-refractivity contribution in [1.29, 1.82) is 0 Å². The van der Waals surface area contributed by atoms with Crippen LogP contribution >= 0.6 is 0 Å². The third kappa shape index (κ3) is 9.71. The molecule has 0 radical (unpaired) electrons. The molecule has 0 unspecified atom stereocenters. The number of benzene rings is 2. The fraction of sp³-hybridized carbons (Fsp3) is 0.625. The third-order valence-electron chi connectivity index (χ3n) is 7.94. The van der Waals surface area contributed by atoms with Gasteiger partial charge in [0.25, 0.3) is 0 Å². The van der Waals surface area contributed by atoms with Gasteiger partial charge in [-0.25, -0.2) is 0 Å². The predicted molar refractivity (Wildman–Crippen MR) is 152 cm³/mol. The van der Waals surface area contributed by atoms with Crippen molar-refractivity contribution in [1.82, 2.24) is 10.2 Å². The number of rotatable bonds is 14. The van der Waals surface area contributed by atoms with Crippen molar-refractivity contribution in [2.45, 2.75) is 90.5 Å². The first kappa shape index (κ1) is 27.9. The Hall–Kier alpha value is -1.68. The number of hydrogen-bond donors (Lipinski definition) is 2. The first-order valence-corrected chi connectivity index (χ1v) is 14.3. The lowest BCUT2D eigenvalue weighted by Crippen LogP contribution is -2.40. The van der Waals surface area contributed by atoms with Gasteiger partial charge in [-0.15, -0.1) is 0 Å². The van der Waals surface area contributed by atoms with Gasteiger partial charge in [-0.2, -0.15) is 0 Å². The molecule has 1 saturated heterocycles. The molecule has 0 aromatic heterocycles. The molecule has 2 aromatic carbocycles. The quantitative estimate of drug-likeness (QED) is 0.325. The van der Waals surface area contributed by atoms with Crippen molar-refractivity contribution >= 4 is 0 Å². The van der Waals surface area contributed by atoms with E-state index in [2.05, 4.69) is 86.4 Å². The average Bonchev–Trinajstić information content (AvgIpc) is 2.88. The van der Waals surface area contributed by atoms with Gasteiger partial charge in [0.2, 0.25) is 0 Å². The lowest BCUT2D eigenvalue weighted by Gasteiger charge is -2.33. The van der Waals surface area contributed by atoms with E-state index >= 15 is 0 Å². The Morgan fingerprint density at radius 2 is 1.29 bits per heavy atom. The smallest absolute Gasteiger partial charge is 0.00735 e. The van der Waals surface area contributed by atoms with E-state index in [4.69, 9.17) is 5.73 Å². The minimum Gasteiger partial charge on any atom is -0.330 e. The Labute approximate surface area is 215 Å². The fourth-order valence-electron chi connectivity index (χ4n) is 5.23. The highest BCUT2D eigenvalue weighted by atomic mass is 15.1. The van der Waals surface area contributed by atoms with Crippen molar-refractivity contribution < 1.29 is 0 Å². The first-order valence-electron chi connectivity index (χ1n) is 14.3. The summed E-state index contributed by atoms with van der Waals surface area (Å²) in [4.78, 5) is 2.60. The van der Waals surface area contributed by atoms with E-state index in [9.17, 15) is 0 Å². The number of nitrogens with two attached hydrogens (primary N) is 1. The van der Waals surface area contributed by atoms with Crippen LogP contribution in [0.5, 0.6) is 0 Å². The zero-order valence-corrected chi connectivity index (χ0v) is 22.9. The Morgan fingerprint density at radius 3 is 1.71 bits per heavy atom. The van der Waals surface area contributed by atoms with E-state index in [0.717, 1.165) is 38.3 Å². The zero-order chi connectivity index (χ0) is 25.0. The minimum atomic E-state index is 0.569. The Kier molecular flexibility index (Phi) is 11.8. The van der Waals surface area contributed by atoms with Crippen molar-refractivity contribution in [3.8, 4) is 0 Å². The molecule has 0 atom stereocenters. The number of likely N-dealkylation sites (tertiary alicyclic amines) is 1. The number of piperidine rings is 1. The molecule has 1 heterocycles. The van der Waals surface area contributed by atoms with E-state index in [1.54, 1.807) is 0 Å². The second-order valence-corrected chi connectivity index (χ2v) is 11.4. The molecule has 0 aliphatic carbocycles. The van der Waals surface area contributed by atoms with Gasteiger partial charge in [0.05, 0.1) is 0 Å². The van der Waals surface area contributed by atoms with E-state index < -0.39 is 0 Å². The summed E-state index contributed by atoms with van der Waals surface area (Å²) in [7, 11) is 0. The van der Waals surface area contributed by atoms with Crippen molar-refractivity contribution in [3.05, 3.63) is 70.8 Å². The highest BCUT2D eigenvalue weighted by Crippen LogP contribution is 2.20. The summed E-state index contributed by atoms with van der Waals surface area (Å²) in [5.41, 5.74) is 11.5. The number of aryl methyl sites for hydroxylation is 2. The zero-order valence-electron chi connectivity index (χ0n) is 22.9. The van der Waals surface area contributed by atoms with Gasteiger partial charge in [-0.3, -0.25) is 0 Å². The van der Waals surface area contributed by atoms with E-state index in [1.807, 2.05) is 0 Å². The highest BCUT2D eigenvalue weighted by Gasteiger charge is 2.20. The summed E-state index contributed by atoms with van der Waals surface area (Å²) in [6.07, 6.45) is 8.48. The normalized spacial score (nSPS) is 15.5. The Bertz CT molecular complexity index is 761.